The lowest BCUT2D eigenvalue weighted by Crippen LogP contribution is -2.07. The van der Waals surface area contributed by atoms with Crippen LogP contribution in [-0.2, 0) is 0 Å². The lowest BCUT2D eigenvalue weighted by molar-refractivity contribution is 0.112. The third-order valence-electron chi connectivity index (χ3n) is 1.97. The molecule has 0 aliphatic carbocycles. The van der Waals surface area contributed by atoms with Gasteiger partial charge in [-0.2, -0.15) is 5.10 Å². The van der Waals surface area contributed by atoms with E-state index in [1.165, 1.54) is 17.8 Å². The number of aromatic nitrogens is 2. The summed E-state index contributed by atoms with van der Waals surface area (Å²) >= 11 is 0. The number of hydrogen-bond acceptors (Lipinski definition) is 3. The molecule has 5 heteroatoms. The van der Waals surface area contributed by atoms with Crippen LogP contribution in [-0.4, -0.2) is 30.9 Å². The second kappa shape index (κ2) is 3.18. The summed E-state index contributed by atoms with van der Waals surface area (Å²) in [6.45, 7) is 0. The maximum absolute atomic E-state index is 10.7. The van der Waals surface area contributed by atoms with Crippen LogP contribution in [0.25, 0.3) is 5.52 Å². The minimum absolute atomic E-state index is 0.488. The van der Waals surface area contributed by atoms with Gasteiger partial charge < -0.3 is 4.74 Å². The first-order chi connectivity index (χ1) is 6.76. The molecule has 2 heterocycles. The van der Waals surface area contributed by atoms with Crippen LogP contribution in [0.2, 0.25) is 0 Å². The van der Waals surface area contributed by atoms with Gasteiger partial charge in [0.1, 0.15) is 19.1 Å². The van der Waals surface area contributed by atoms with Crippen molar-refractivity contribution in [2.24, 2.45) is 0 Å². The molecule has 0 bridgehead atoms. The average molecular weight is 186 g/mol. The summed E-state index contributed by atoms with van der Waals surface area (Å²) < 4.78 is 6.64. The Labute approximate surface area is 81.9 Å². The van der Waals surface area contributed by atoms with Crippen molar-refractivity contribution in [2.45, 2.75) is 0 Å². The highest BCUT2D eigenvalue weighted by molar-refractivity contribution is 6.32. The third-order valence-corrected chi connectivity index (χ3v) is 1.97. The van der Waals surface area contributed by atoms with E-state index in [1.807, 2.05) is 0 Å². The molecule has 0 amide bonds. The van der Waals surface area contributed by atoms with E-state index in [2.05, 4.69) is 5.10 Å². The molecule has 0 aliphatic rings. The summed E-state index contributed by atoms with van der Waals surface area (Å²) in [6.07, 6.45) is 3.84. The zero-order valence-electron chi connectivity index (χ0n) is 7.60. The SMILES string of the molecule is [B]c1cc(OC)c2c(C=O)cnn2c1. The summed E-state index contributed by atoms with van der Waals surface area (Å²) in [7, 11) is 7.15. The molecule has 0 N–H and O–H groups in total. The second-order valence-corrected chi connectivity index (χ2v) is 2.85. The van der Waals surface area contributed by atoms with Crippen LogP contribution in [0, 0.1) is 0 Å². The molecule has 4 nitrogen and oxygen atoms in total. The molecule has 0 fully saturated rings. The molecule has 0 unspecified atom stereocenters. The normalized spacial score (nSPS) is 10.4. The molecule has 0 aliphatic heterocycles. The minimum atomic E-state index is 0.488. The summed E-state index contributed by atoms with van der Waals surface area (Å²) in [5.74, 6) is 0.546. The Bertz CT molecular complexity index is 493. The van der Waals surface area contributed by atoms with Crippen molar-refractivity contribution in [2.75, 3.05) is 7.11 Å². The van der Waals surface area contributed by atoms with E-state index in [0.717, 1.165) is 6.29 Å². The fourth-order valence-corrected chi connectivity index (χ4v) is 1.37. The van der Waals surface area contributed by atoms with Crippen molar-refractivity contribution >= 4 is 25.1 Å². The van der Waals surface area contributed by atoms with Crippen molar-refractivity contribution < 1.29 is 9.53 Å². The van der Waals surface area contributed by atoms with Crippen LogP contribution in [0.4, 0.5) is 0 Å². The second-order valence-electron chi connectivity index (χ2n) is 2.85. The zero-order valence-corrected chi connectivity index (χ0v) is 7.60. The van der Waals surface area contributed by atoms with E-state index >= 15 is 0 Å². The summed E-state index contributed by atoms with van der Waals surface area (Å²) in [5.41, 5.74) is 1.66. The van der Waals surface area contributed by atoms with Crippen LogP contribution in [0.1, 0.15) is 10.4 Å². The van der Waals surface area contributed by atoms with Crippen LogP contribution in [0.3, 0.4) is 0 Å². The van der Waals surface area contributed by atoms with Gasteiger partial charge in [0.15, 0.2) is 6.29 Å². The molecular weight excluding hydrogens is 179 g/mol. The Hall–Kier alpha value is -1.78. The van der Waals surface area contributed by atoms with E-state index in [0.29, 0.717) is 22.3 Å². The number of pyridine rings is 1. The van der Waals surface area contributed by atoms with Gasteiger partial charge in [-0.1, -0.05) is 5.46 Å². The minimum Gasteiger partial charge on any atom is -0.494 e. The van der Waals surface area contributed by atoms with Gasteiger partial charge >= 0.3 is 0 Å². The molecule has 0 saturated heterocycles. The molecule has 0 spiro atoms. The smallest absolute Gasteiger partial charge is 0.153 e. The maximum atomic E-state index is 10.7. The number of ether oxygens (including phenoxy) is 1. The van der Waals surface area contributed by atoms with Gasteiger partial charge in [0.2, 0.25) is 0 Å². The van der Waals surface area contributed by atoms with E-state index < -0.39 is 0 Å². The highest BCUT2D eigenvalue weighted by atomic mass is 16.5. The van der Waals surface area contributed by atoms with E-state index in [4.69, 9.17) is 12.6 Å². The Morgan fingerprint density at radius 2 is 2.43 bits per heavy atom. The highest BCUT2D eigenvalue weighted by Crippen LogP contribution is 2.20. The first kappa shape index (κ1) is 8.81. The fraction of sp³-hybridized carbons (Fsp3) is 0.111. The van der Waals surface area contributed by atoms with Gasteiger partial charge in [0, 0.05) is 6.20 Å². The monoisotopic (exact) mass is 186 g/mol. The molecule has 14 heavy (non-hydrogen) atoms. The molecule has 2 aromatic heterocycles. The molecule has 2 aromatic rings. The van der Waals surface area contributed by atoms with Crippen molar-refractivity contribution in [3.05, 3.63) is 24.0 Å². The van der Waals surface area contributed by atoms with Crippen molar-refractivity contribution in [1.82, 2.24) is 9.61 Å². The molecule has 2 radical (unpaired) electrons. The lowest BCUT2D eigenvalue weighted by Gasteiger charge is -2.04. The van der Waals surface area contributed by atoms with Crippen LogP contribution in [0.15, 0.2) is 18.5 Å². The topological polar surface area (TPSA) is 43.6 Å². The number of aldehydes is 1. The predicted octanol–water partition coefficient (Wildman–Crippen LogP) is -0.0508. The van der Waals surface area contributed by atoms with Crippen molar-refractivity contribution in [1.29, 1.82) is 0 Å². The fourth-order valence-electron chi connectivity index (χ4n) is 1.37. The Kier molecular flexibility index (Phi) is 2.00. The standard InChI is InChI=1S/C9H7BN2O2/c1-14-8-2-7(10)4-12-9(8)6(5-13)3-11-12/h2-5H,1H3. The van der Waals surface area contributed by atoms with Crippen LogP contribution < -0.4 is 10.2 Å². The largest absolute Gasteiger partial charge is 0.494 e. The number of methoxy groups -OCH3 is 1. The number of fused-ring (bicyclic) bond motifs is 1. The van der Waals surface area contributed by atoms with E-state index in [9.17, 15) is 4.79 Å². The van der Waals surface area contributed by atoms with Crippen molar-refractivity contribution in [3.63, 3.8) is 0 Å². The highest BCUT2D eigenvalue weighted by Gasteiger charge is 2.09. The van der Waals surface area contributed by atoms with Crippen molar-refractivity contribution in [3.8, 4) is 5.75 Å². The Balaban J connectivity index is 2.85. The number of rotatable bonds is 2. The quantitative estimate of drug-likeness (QED) is 0.487. The Morgan fingerprint density at radius 3 is 3.07 bits per heavy atom. The number of carbonyl (C=O) groups excluding carboxylic acids is 1. The lowest BCUT2D eigenvalue weighted by atomic mass is 9.98. The van der Waals surface area contributed by atoms with E-state index in [1.54, 1.807) is 12.3 Å². The Morgan fingerprint density at radius 1 is 1.64 bits per heavy atom. The van der Waals surface area contributed by atoms with E-state index in [-0.39, 0.29) is 0 Å². The summed E-state index contributed by atoms with van der Waals surface area (Å²) in [5, 5.41) is 3.98. The molecule has 68 valence electrons. The number of nitrogens with zero attached hydrogens (tertiary/aromatic N) is 2. The first-order valence-corrected chi connectivity index (χ1v) is 4.02. The maximum Gasteiger partial charge on any atom is 0.153 e. The molecule has 2 rings (SSSR count). The van der Waals surface area contributed by atoms with Gasteiger partial charge in [-0.05, 0) is 6.07 Å². The number of hydrogen-bond donors (Lipinski definition) is 0. The molecular formula is C9H7BN2O2. The first-order valence-electron chi connectivity index (χ1n) is 4.02. The number of carbonyl (C=O) groups is 1. The van der Waals surface area contributed by atoms with Gasteiger partial charge in [-0.15, -0.1) is 0 Å². The molecule has 0 saturated carbocycles. The van der Waals surface area contributed by atoms with Crippen LogP contribution in [0.5, 0.6) is 5.75 Å². The van der Waals surface area contributed by atoms with Gasteiger partial charge in [0.05, 0.1) is 18.9 Å². The third kappa shape index (κ3) is 1.17. The summed E-state index contributed by atoms with van der Waals surface area (Å²) in [6, 6.07) is 1.66. The average Bonchev–Trinajstić information content (AvgIpc) is 2.59. The summed E-state index contributed by atoms with van der Waals surface area (Å²) in [4.78, 5) is 10.7. The molecule has 0 aromatic carbocycles. The van der Waals surface area contributed by atoms with Crippen LogP contribution >= 0.6 is 0 Å². The van der Waals surface area contributed by atoms with Gasteiger partial charge in [0.25, 0.3) is 0 Å². The predicted molar refractivity (Wildman–Crippen MR) is 52.5 cm³/mol. The molecule has 0 atom stereocenters. The zero-order chi connectivity index (χ0) is 10.1. The van der Waals surface area contributed by atoms with Gasteiger partial charge in [-0.3, -0.25) is 4.79 Å². The van der Waals surface area contributed by atoms with Gasteiger partial charge in [-0.25, -0.2) is 4.52 Å².